The first kappa shape index (κ1) is 24.0. The number of Topliss-reactive ketones (excluding diaryl/α,β-unsaturated/α-hetero) is 1. The monoisotopic (exact) mass is 564 g/mol. The first-order valence-corrected chi connectivity index (χ1v) is 12.8. The van der Waals surface area contributed by atoms with Gasteiger partial charge in [0, 0.05) is 10.0 Å². The fourth-order valence-corrected chi connectivity index (χ4v) is 5.43. The Labute approximate surface area is 219 Å². The molecule has 5 rings (SSSR count). The van der Waals surface area contributed by atoms with Crippen LogP contribution in [-0.2, 0) is 9.59 Å². The number of fused-ring (bicyclic) bond motifs is 1. The van der Waals surface area contributed by atoms with Gasteiger partial charge in [-0.1, -0.05) is 39.4 Å². The summed E-state index contributed by atoms with van der Waals surface area (Å²) >= 11 is 4.72. The van der Waals surface area contributed by atoms with E-state index in [0.717, 1.165) is 9.17 Å². The molecule has 9 heteroatoms. The Morgan fingerprint density at radius 1 is 1.06 bits per heavy atom. The zero-order chi connectivity index (χ0) is 25.4. The van der Waals surface area contributed by atoms with Crippen molar-refractivity contribution in [1.82, 2.24) is 4.98 Å². The van der Waals surface area contributed by atoms with E-state index in [-0.39, 0.29) is 11.3 Å². The number of aromatic nitrogens is 1. The molecule has 1 aliphatic rings. The summed E-state index contributed by atoms with van der Waals surface area (Å²) in [5.41, 5.74) is 1.76. The molecule has 0 spiro atoms. The molecule has 1 atom stereocenters. The average Bonchev–Trinajstić information content (AvgIpc) is 3.42. The van der Waals surface area contributed by atoms with Gasteiger partial charge >= 0.3 is 5.91 Å². The molecule has 2 heterocycles. The maximum atomic E-state index is 13.4. The van der Waals surface area contributed by atoms with E-state index in [1.165, 1.54) is 16.2 Å². The average molecular weight is 565 g/mol. The Kier molecular flexibility index (Phi) is 6.51. The van der Waals surface area contributed by atoms with Crippen LogP contribution in [0.2, 0.25) is 0 Å². The van der Waals surface area contributed by atoms with Crippen molar-refractivity contribution >= 4 is 60.1 Å². The zero-order valence-corrected chi connectivity index (χ0v) is 21.8. The zero-order valence-electron chi connectivity index (χ0n) is 19.4. The smallest absolute Gasteiger partial charge is 0.301 e. The van der Waals surface area contributed by atoms with Crippen LogP contribution in [0.1, 0.15) is 24.1 Å². The van der Waals surface area contributed by atoms with Gasteiger partial charge in [-0.05, 0) is 67.1 Å². The van der Waals surface area contributed by atoms with Crippen molar-refractivity contribution in [1.29, 1.82) is 0 Å². The number of halogens is 1. The van der Waals surface area contributed by atoms with Gasteiger partial charge in [0.2, 0.25) is 0 Å². The predicted molar refractivity (Wildman–Crippen MR) is 143 cm³/mol. The lowest BCUT2D eigenvalue weighted by Gasteiger charge is -2.23. The van der Waals surface area contributed by atoms with E-state index in [4.69, 9.17) is 9.47 Å². The number of hydrogen-bond acceptors (Lipinski definition) is 7. The van der Waals surface area contributed by atoms with Crippen LogP contribution in [0, 0.1) is 0 Å². The molecule has 0 saturated carbocycles. The molecular weight excluding hydrogens is 544 g/mol. The van der Waals surface area contributed by atoms with E-state index in [0.29, 0.717) is 39.9 Å². The molecule has 0 radical (unpaired) electrons. The second-order valence-electron chi connectivity index (χ2n) is 8.01. The van der Waals surface area contributed by atoms with Crippen LogP contribution in [0.5, 0.6) is 11.5 Å². The lowest BCUT2D eigenvalue weighted by molar-refractivity contribution is -0.132. The van der Waals surface area contributed by atoms with E-state index in [1.54, 1.807) is 31.4 Å². The van der Waals surface area contributed by atoms with E-state index in [2.05, 4.69) is 20.9 Å². The van der Waals surface area contributed by atoms with Gasteiger partial charge in [-0.15, -0.1) is 0 Å². The molecule has 182 valence electrons. The summed E-state index contributed by atoms with van der Waals surface area (Å²) in [4.78, 5) is 32.8. The van der Waals surface area contributed by atoms with Gasteiger partial charge < -0.3 is 14.6 Å². The van der Waals surface area contributed by atoms with Crippen LogP contribution in [0.3, 0.4) is 0 Å². The maximum absolute atomic E-state index is 13.4. The highest BCUT2D eigenvalue weighted by Crippen LogP contribution is 2.44. The third-order valence-corrected chi connectivity index (χ3v) is 7.41. The number of nitrogens with zero attached hydrogens (tertiary/aromatic N) is 2. The molecule has 1 aliphatic heterocycles. The third kappa shape index (κ3) is 4.25. The summed E-state index contributed by atoms with van der Waals surface area (Å²) in [7, 11) is 1.54. The van der Waals surface area contributed by atoms with Crippen molar-refractivity contribution in [3.63, 3.8) is 0 Å². The van der Waals surface area contributed by atoms with Crippen molar-refractivity contribution in [2.24, 2.45) is 0 Å². The molecule has 7 nitrogen and oxygen atoms in total. The number of aliphatic hydroxyl groups is 1. The van der Waals surface area contributed by atoms with Gasteiger partial charge in [0.15, 0.2) is 5.13 Å². The van der Waals surface area contributed by atoms with Crippen molar-refractivity contribution in [3.05, 3.63) is 87.9 Å². The molecule has 0 bridgehead atoms. The summed E-state index contributed by atoms with van der Waals surface area (Å²) in [6.45, 7) is 2.43. The fraction of sp³-hybridized carbons (Fsp3) is 0.148. The van der Waals surface area contributed by atoms with Crippen molar-refractivity contribution < 1.29 is 24.2 Å². The number of anilines is 1. The molecule has 1 aromatic heterocycles. The van der Waals surface area contributed by atoms with E-state index >= 15 is 0 Å². The number of hydrogen-bond donors (Lipinski definition) is 1. The number of benzene rings is 3. The molecule has 1 fully saturated rings. The fourth-order valence-electron chi connectivity index (χ4n) is 4.15. The Balaban J connectivity index is 1.67. The van der Waals surface area contributed by atoms with E-state index < -0.39 is 17.7 Å². The van der Waals surface area contributed by atoms with Crippen LogP contribution in [-0.4, -0.2) is 35.5 Å². The lowest BCUT2D eigenvalue weighted by atomic mass is 9.95. The summed E-state index contributed by atoms with van der Waals surface area (Å²) in [6.07, 6.45) is 0. The van der Waals surface area contributed by atoms with Crippen LogP contribution < -0.4 is 14.4 Å². The Hall–Kier alpha value is -3.69. The number of rotatable bonds is 6. The van der Waals surface area contributed by atoms with Gasteiger partial charge in [0.1, 0.15) is 17.3 Å². The minimum Gasteiger partial charge on any atom is -0.507 e. The summed E-state index contributed by atoms with van der Waals surface area (Å²) < 4.78 is 12.5. The molecule has 1 amide bonds. The molecule has 0 unspecified atom stereocenters. The first-order chi connectivity index (χ1) is 17.4. The predicted octanol–water partition coefficient (Wildman–Crippen LogP) is 6.09. The minimum absolute atomic E-state index is 0.00162. The van der Waals surface area contributed by atoms with Crippen molar-refractivity contribution in [3.8, 4) is 11.5 Å². The van der Waals surface area contributed by atoms with Crippen molar-refractivity contribution in [2.45, 2.75) is 13.0 Å². The third-order valence-electron chi connectivity index (χ3n) is 5.86. The number of methoxy groups -OCH3 is 1. The summed E-state index contributed by atoms with van der Waals surface area (Å²) in [6, 6.07) is 18.6. The number of thiazole rings is 1. The van der Waals surface area contributed by atoms with Crippen molar-refractivity contribution in [2.75, 3.05) is 18.6 Å². The number of carbonyl (C=O) groups excluding carboxylic acids is 2. The Bertz CT molecular complexity index is 1500. The number of ketones is 1. The highest BCUT2D eigenvalue weighted by Gasteiger charge is 2.48. The molecular formula is C27H21BrN2O5S. The lowest BCUT2D eigenvalue weighted by Crippen LogP contribution is -2.29. The minimum atomic E-state index is -0.855. The molecule has 0 aliphatic carbocycles. The number of aliphatic hydroxyl groups excluding tert-OH is 1. The van der Waals surface area contributed by atoms with Crippen LogP contribution >= 0.6 is 27.3 Å². The van der Waals surface area contributed by atoms with Crippen LogP contribution in [0.25, 0.3) is 16.0 Å². The SMILES string of the molecule is CCOc1ccc2nc(N3C(=O)C(=O)/C(=C(/O)c4ccc(OC)cc4)[C@@H]3c3ccc(Br)cc3)sc2c1. The topological polar surface area (TPSA) is 89.0 Å². The second-order valence-corrected chi connectivity index (χ2v) is 9.93. The van der Waals surface area contributed by atoms with Gasteiger partial charge in [-0.3, -0.25) is 14.5 Å². The molecule has 1 saturated heterocycles. The Morgan fingerprint density at radius 3 is 2.42 bits per heavy atom. The quantitative estimate of drug-likeness (QED) is 0.173. The summed E-state index contributed by atoms with van der Waals surface area (Å²) in [5, 5.41) is 11.6. The molecule has 4 aromatic rings. The molecule has 3 aromatic carbocycles. The normalized spacial score (nSPS) is 17.1. The highest BCUT2D eigenvalue weighted by molar-refractivity contribution is 9.10. The number of amides is 1. The maximum Gasteiger partial charge on any atom is 0.301 e. The van der Waals surface area contributed by atoms with Gasteiger partial charge in [-0.2, -0.15) is 0 Å². The van der Waals surface area contributed by atoms with Gasteiger partial charge in [0.25, 0.3) is 5.78 Å². The standard InChI is InChI=1S/C27H21BrN2O5S/c1-3-35-19-12-13-20-21(14-19)36-27(29-20)30-23(15-4-8-17(28)9-5-15)22(25(32)26(30)33)24(31)16-6-10-18(34-2)11-7-16/h4-14,23,31H,3H2,1-2H3/b24-22+/t23-/m0/s1. The number of carbonyl (C=O) groups is 2. The van der Waals surface area contributed by atoms with E-state index in [9.17, 15) is 14.7 Å². The molecule has 36 heavy (non-hydrogen) atoms. The second kappa shape index (κ2) is 9.75. The summed E-state index contributed by atoms with van der Waals surface area (Å²) in [5.74, 6) is -0.470. The van der Waals surface area contributed by atoms with Crippen LogP contribution in [0.4, 0.5) is 5.13 Å². The Morgan fingerprint density at radius 2 is 1.75 bits per heavy atom. The first-order valence-electron chi connectivity index (χ1n) is 11.2. The number of ether oxygens (including phenoxy) is 2. The van der Waals surface area contributed by atoms with Gasteiger partial charge in [0.05, 0.1) is 35.5 Å². The molecule has 1 N–H and O–H groups in total. The van der Waals surface area contributed by atoms with E-state index in [1.807, 2.05) is 49.4 Å². The van der Waals surface area contributed by atoms with Crippen LogP contribution in [0.15, 0.2) is 76.8 Å². The largest absolute Gasteiger partial charge is 0.507 e. The van der Waals surface area contributed by atoms with Gasteiger partial charge in [-0.25, -0.2) is 4.98 Å². The highest BCUT2D eigenvalue weighted by atomic mass is 79.9.